The van der Waals surface area contributed by atoms with E-state index in [0.717, 1.165) is 12.0 Å². The SMILES string of the molecule is CCC.CCc1ccc(OCC2CC2)c(F)c1. The maximum absolute atomic E-state index is 13.4. The van der Waals surface area contributed by atoms with E-state index in [4.69, 9.17) is 4.74 Å². The van der Waals surface area contributed by atoms with E-state index in [-0.39, 0.29) is 5.82 Å². The number of aryl methyl sites for hydroxylation is 1. The van der Waals surface area contributed by atoms with Gasteiger partial charge in [0.2, 0.25) is 0 Å². The second kappa shape index (κ2) is 7.31. The van der Waals surface area contributed by atoms with Gasteiger partial charge in [0, 0.05) is 0 Å². The zero-order chi connectivity index (χ0) is 12.7. The molecule has 0 aromatic heterocycles. The van der Waals surface area contributed by atoms with Crippen LogP contribution in [0.5, 0.6) is 5.75 Å². The molecule has 1 nitrogen and oxygen atoms in total. The molecule has 0 bridgehead atoms. The van der Waals surface area contributed by atoms with Crippen molar-refractivity contribution in [2.24, 2.45) is 5.92 Å². The van der Waals surface area contributed by atoms with Crippen LogP contribution in [0.1, 0.15) is 45.6 Å². The molecule has 0 unspecified atom stereocenters. The summed E-state index contributed by atoms with van der Waals surface area (Å²) in [5.74, 6) is 0.833. The van der Waals surface area contributed by atoms with Gasteiger partial charge in [-0.2, -0.15) is 0 Å². The van der Waals surface area contributed by atoms with Crippen LogP contribution < -0.4 is 4.74 Å². The van der Waals surface area contributed by atoms with Gasteiger partial charge in [-0.3, -0.25) is 0 Å². The molecule has 17 heavy (non-hydrogen) atoms. The van der Waals surface area contributed by atoms with Gasteiger partial charge < -0.3 is 4.74 Å². The molecule has 0 aliphatic heterocycles. The smallest absolute Gasteiger partial charge is 0.165 e. The number of halogens is 1. The van der Waals surface area contributed by atoms with Crippen LogP contribution in [-0.2, 0) is 6.42 Å². The molecule has 1 aliphatic rings. The monoisotopic (exact) mass is 238 g/mol. The summed E-state index contributed by atoms with van der Waals surface area (Å²) in [6.45, 7) is 6.93. The van der Waals surface area contributed by atoms with E-state index in [1.165, 1.54) is 19.3 Å². The summed E-state index contributed by atoms with van der Waals surface area (Å²) in [4.78, 5) is 0. The Balaban J connectivity index is 0.000000437. The predicted octanol–water partition coefficient (Wildman–Crippen LogP) is 4.59. The van der Waals surface area contributed by atoms with Gasteiger partial charge in [-0.1, -0.05) is 33.3 Å². The van der Waals surface area contributed by atoms with Crippen LogP contribution in [0.2, 0.25) is 0 Å². The Labute approximate surface area is 104 Å². The molecule has 0 N–H and O–H groups in total. The highest BCUT2D eigenvalue weighted by atomic mass is 19.1. The lowest BCUT2D eigenvalue weighted by atomic mass is 10.1. The van der Waals surface area contributed by atoms with Crippen LogP contribution in [-0.4, -0.2) is 6.61 Å². The molecule has 1 aromatic carbocycles. The Hall–Kier alpha value is -1.05. The number of rotatable bonds is 4. The van der Waals surface area contributed by atoms with Crippen LogP contribution >= 0.6 is 0 Å². The van der Waals surface area contributed by atoms with Gasteiger partial charge in [0.1, 0.15) is 0 Å². The lowest BCUT2D eigenvalue weighted by Crippen LogP contribution is -2.01. The minimum Gasteiger partial charge on any atom is -0.490 e. The molecule has 0 radical (unpaired) electrons. The molecule has 2 rings (SSSR count). The summed E-state index contributed by atoms with van der Waals surface area (Å²) >= 11 is 0. The zero-order valence-corrected chi connectivity index (χ0v) is 11.1. The Bertz CT molecular complexity index is 332. The van der Waals surface area contributed by atoms with Gasteiger partial charge in [-0.25, -0.2) is 4.39 Å². The molecule has 96 valence electrons. The summed E-state index contributed by atoms with van der Waals surface area (Å²) in [6.07, 6.45) is 4.57. The van der Waals surface area contributed by atoms with Crippen molar-refractivity contribution in [3.8, 4) is 5.75 Å². The van der Waals surface area contributed by atoms with Crippen LogP contribution in [0.4, 0.5) is 4.39 Å². The first kappa shape index (κ1) is 14.0. The van der Waals surface area contributed by atoms with Crippen molar-refractivity contribution in [3.05, 3.63) is 29.6 Å². The quantitative estimate of drug-likeness (QED) is 0.745. The first-order chi connectivity index (χ1) is 8.21. The Morgan fingerprint density at radius 1 is 1.24 bits per heavy atom. The van der Waals surface area contributed by atoms with E-state index in [2.05, 4.69) is 13.8 Å². The second-order valence-electron chi connectivity index (χ2n) is 4.58. The normalized spacial score (nSPS) is 13.9. The number of hydrogen-bond acceptors (Lipinski definition) is 1. The topological polar surface area (TPSA) is 9.23 Å². The maximum atomic E-state index is 13.4. The molecule has 0 saturated heterocycles. The molecule has 0 amide bonds. The summed E-state index contributed by atoms with van der Waals surface area (Å²) < 4.78 is 18.8. The van der Waals surface area contributed by atoms with Crippen molar-refractivity contribution in [2.45, 2.75) is 46.5 Å². The van der Waals surface area contributed by atoms with Crippen LogP contribution in [0.25, 0.3) is 0 Å². The summed E-state index contributed by atoms with van der Waals surface area (Å²) in [5.41, 5.74) is 1.02. The van der Waals surface area contributed by atoms with E-state index >= 15 is 0 Å². The summed E-state index contributed by atoms with van der Waals surface area (Å²) in [5, 5.41) is 0. The van der Waals surface area contributed by atoms with Crippen molar-refractivity contribution in [1.82, 2.24) is 0 Å². The lowest BCUT2D eigenvalue weighted by Gasteiger charge is -2.07. The zero-order valence-electron chi connectivity index (χ0n) is 11.1. The fourth-order valence-corrected chi connectivity index (χ4v) is 1.37. The molecule has 2 heteroatoms. The first-order valence-electron chi connectivity index (χ1n) is 6.62. The highest BCUT2D eigenvalue weighted by molar-refractivity contribution is 5.29. The molecule has 1 fully saturated rings. The van der Waals surface area contributed by atoms with Gasteiger partial charge in [-0.15, -0.1) is 0 Å². The highest BCUT2D eigenvalue weighted by Crippen LogP contribution is 2.30. The standard InChI is InChI=1S/C12H15FO.C3H8/c1-2-9-5-6-12(11(13)7-9)14-8-10-3-4-10;1-3-2/h5-7,10H,2-4,8H2,1H3;3H2,1-2H3. The third kappa shape index (κ3) is 5.20. The van der Waals surface area contributed by atoms with Crippen molar-refractivity contribution in [2.75, 3.05) is 6.61 Å². The molecular formula is C15H23FO. The average molecular weight is 238 g/mol. The average Bonchev–Trinajstić information content (AvgIpc) is 3.12. The van der Waals surface area contributed by atoms with E-state index in [9.17, 15) is 4.39 Å². The molecule has 1 aliphatic carbocycles. The fraction of sp³-hybridized carbons (Fsp3) is 0.600. The van der Waals surface area contributed by atoms with Gasteiger partial charge in [0.05, 0.1) is 6.61 Å². The molecule has 0 spiro atoms. The Kier molecular flexibility index (Phi) is 6.03. The Morgan fingerprint density at radius 2 is 1.88 bits per heavy atom. The molecule has 0 atom stereocenters. The fourth-order valence-electron chi connectivity index (χ4n) is 1.37. The van der Waals surface area contributed by atoms with E-state index < -0.39 is 0 Å². The maximum Gasteiger partial charge on any atom is 0.165 e. The predicted molar refractivity (Wildman–Crippen MR) is 70.0 cm³/mol. The summed E-state index contributed by atoms with van der Waals surface area (Å²) in [6, 6.07) is 5.21. The molecule has 1 saturated carbocycles. The second-order valence-corrected chi connectivity index (χ2v) is 4.58. The minimum atomic E-state index is -0.231. The van der Waals surface area contributed by atoms with Crippen molar-refractivity contribution < 1.29 is 9.13 Å². The van der Waals surface area contributed by atoms with Gasteiger partial charge in [0.15, 0.2) is 11.6 Å². The largest absolute Gasteiger partial charge is 0.490 e. The van der Waals surface area contributed by atoms with Crippen LogP contribution in [0, 0.1) is 11.7 Å². The third-order valence-electron chi connectivity index (χ3n) is 2.58. The van der Waals surface area contributed by atoms with Crippen molar-refractivity contribution >= 4 is 0 Å². The number of benzene rings is 1. The highest BCUT2D eigenvalue weighted by Gasteiger charge is 2.22. The van der Waals surface area contributed by atoms with E-state index in [1.54, 1.807) is 12.1 Å². The molecule has 0 heterocycles. The van der Waals surface area contributed by atoms with Crippen molar-refractivity contribution in [1.29, 1.82) is 0 Å². The van der Waals surface area contributed by atoms with Crippen LogP contribution in [0.15, 0.2) is 18.2 Å². The third-order valence-corrected chi connectivity index (χ3v) is 2.58. The minimum absolute atomic E-state index is 0.231. The molecule has 1 aromatic rings. The lowest BCUT2D eigenvalue weighted by molar-refractivity contribution is 0.285. The number of ether oxygens (including phenoxy) is 1. The van der Waals surface area contributed by atoms with E-state index in [1.807, 2.05) is 13.0 Å². The van der Waals surface area contributed by atoms with E-state index in [0.29, 0.717) is 18.3 Å². The van der Waals surface area contributed by atoms with Crippen LogP contribution in [0.3, 0.4) is 0 Å². The van der Waals surface area contributed by atoms with Crippen molar-refractivity contribution in [3.63, 3.8) is 0 Å². The van der Waals surface area contributed by atoms with Gasteiger partial charge in [-0.05, 0) is 42.9 Å². The van der Waals surface area contributed by atoms with Gasteiger partial charge >= 0.3 is 0 Å². The molecular weight excluding hydrogens is 215 g/mol. The Morgan fingerprint density at radius 3 is 2.35 bits per heavy atom. The summed E-state index contributed by atoms with van der Waals surface area (Å²) in [7, 11) is 0. The first-order valence-corrected chi connectivity index (χ1v) is 6.62. The van der Waals surface area contributed by atoms with Gasteiger partial charge in [0.25, 0.3) is 0 Å². The number of hydrogen-bond donors (Lipinski definition) is 0.